The average molecular weight is 293 g/mol. The fraction of sp³-hybridized carbons (Fsp3) is 0.643. The smallest absolute Gasteiger partial charge is 0.228 e. The highest BCUT2D eigenvalue weighted by Gasteiger charge is 2.25. The zero-order valence-corrected chi connectivity index (χ0v) is 12.3. The fourth-order valence-electron chi connectivity index (χ4n) is 2.76. The number of carbonyl (C=O) groups is 2. The Bertz CT molecular complexity index is 508. The Morgan fingerprint density at radius 3 is 2.70 bits per heavy atom. The van der Waals surface area contributed by atoms with Gasteiger partial charge in [0.25, 0.3) is 0 Å². The first-order valence-electron chi connectivity index (χ1n) is 7.26. The van der Waals surface area contributed by atoms with Crippen LogP contribution in [-0.4, -0.2) is 41.3 Å². The van der Waals surface area contributed by atoms with E-state index in [0.29, 0.717) is 12.8 Å². The van der Waals surface area contributed by atoms with Gasteiger partial charge in [-0.15, -0.1) is 11.3 Å². The van der Waals surface area contributed by atoms with Crippen LogP contribution < -0.4 is 4.90 Å². The topological polar surface area (TPSA) is 53.5 Å². The van der Waals surface area contributed by atoms with Gasteiger partial charge in [0, 0.05) is 31.4 Å². The summed E-state index contributed by atoms with van der Waals surface area (Å²) in [6, 6.07) is 0. The van der Waals surface area contributed by atoms with Gasteiger partial charge in [-0.1, -0.05) is 0 Å². The Balaban J connectivity index is 1.62. The summed E-state index contributed by atoms with van der Waals surface area (Å²) in [7, 11) is 0. The summed E-state index contributed by atoms with van der Waals surface area (Å²) in [6.07, 6.45) is 5.31. The summed E-state index contributed by atoms with van der Waals surface area (Å²) in [6.45, 7) is 2.51. The Morgan fingerprint density at radius 1 is 1.20 bits per heavy atom. The van der Waals surface area contributed by atoms with Crippen LogP contribution in [-0.2, 0) is 16.0 Å². The van der Waals surface area contributed by atoms with Gasteiger partial charge in [0.1, 0.15) is 0 Å². The monoisotopic (exact) mass is 293 g/mol. The van der Waals surface area contributed by atoms with Gasteiger partial charge < -0.3 is 4.90 Å². The van der Waals surface area contributed by atoms with Crippen LogP contribution in [0.5, 0.6) is 0 Å². The number of rotatable bonds is 3. The molecular formula is C14H19N3O2S. The largest absolute Gasteiger partial charge is 0.342 e. The van der Waals surface area contributed by atoms with E-state index in [9.17, 15) is 9.59 Å². The molecule has 2 saturated heterocycles. The number of hydrogen-bond donors (Lipinski definition) is 0. The number of likely N-dealkylation sites (tertiary alicyclic amines) is 1. The van der Waals surface area contributed by atoms with Crippen molar-refractivity contribution in [2.45, 2.75) is 38.5 Å². The van der Waals surface area contributed by atoms with Gasteiger partial charge in [0.15, 0.2) is 5.13 Å². The SMILES string of the molecule is O=C(Cc1csc(N2CCCC2=O)n1)N1CCCCC1. The van der Waals surface area contributed by atoms with Crippen LogP contribution in [0, 0.1) is 0 Å². The minimum absolute atomic E-state index is 0.147. The van der Waals surface area contributed by atoms with Gasteiger partial charge in [0.05, 0.1) is 12.1 Å². The van der Waals surface area contributed by atoms with Crippen molar-refractivity contribution in [2.75, 3.05) is 24.5 Å². The van der Waals surface area contributed by atoms with Gasteiger partial charge in [-0.05, 0) is 25.7 Å². The zero-order valence-electron chi connectivity index (χ0n) is 11.5. The Kier molecular flexibility index (Phi) is 4.00. The van der Waals surface area contributed by atoms with Crippen molar-refractivity contribution in [3.05, 3.63) is 11.1 Å². The number of thiazole rings is 1. The second kappa shape index (κ2) is 5.91. The summed E-state index contributed by atoms with van der Waals surface area (Å²) in [5.41, 5.74) is 0.792. The molecule has 0 atom stereocenters. The molecule has 3 rings (SSSR count). The first kappa shape index (κ1) is 13.5. The summed E-state index contributed by atoms with van der Waals surface area (Å²) >= 11 is 1.46. The molecule has 2 fully saturated rings. The summed E-state index contributed by atoms with van der Waals surface area (Å²) < 4.78 is 0. The summed E-state index contributed by atoms with van der Waals surface area (Å²) in [5, 5.41) is 2.65. The molecule has 2 amide bonds. The second-order valence-corrected chi connectivity index (χ2v) is 6.23. The maximum absolute atomic E-state index is 12.2. The fourth-order valence-corrected chi connectivity index (χ4v) is 3.63. The van der Waals surface area contributed by atoms with Gasteiger partial charge in [0.2, 0.25) is 11.8 Å². The number of hydrogen-bond acceptors (Lipinski definition) is 4. The molecule has 5 nitrogen and oxygen atoms in total. The standard InChI is InChI=1S/C14H19N3O2S/c18-12-5-4-8-17(12)14-15-11(10-20-14)9-13(19)16-6-2-1-3-7-16/h10H,1-9H2. The van der Waals surface area contributed by atoms with Gasteiger partial charge in [-0.3, -0.25) is 14.5 Å². The highest BCUT2D eigenvalue weighted by Crippen LogP contribution is 2.25. The molecule has 6 heteroatoms. The predicted octanol–water partition coefficient (Wildman–Crippen LogP) is 1.82. The van der Waals surface area contributed by atoms with Crippen molar-refractivity contribution in [1.29, 1.82) is 0 Å². The minimum Gasteiger partial charge on any atom is -0.342 e. The molecule has 0 unspecified atom stereocenters. The van der Waals surface area contributed by atoms with E-state index in [1.54, 1.807) is 4.90 Å². The lowest BCUT2D eigenvalue weighted by atomic mass is 10.1. The van der Waals surface area contributed by atoms with Crippen molar-refractivity contribution < 1.29 is 9.59 Å². The summed E-state index contributed by atoms with van der Waals surface area (Å²) in [4.78, 5) is 32.0. The Labute approximate surface area is 122 Å². The van der Waals surface area contributed by atoms with Crippen molar-refractivity contribution in [3.63, 3.8) is 0 Å². The molecule has 0 bridgehead atoms. The van der Waals surface area contributed by atoms with Gasteiger partial charge in [-0.2, -0.15) is 0 Å². The number of aromatic nitrogens is 1. The Morgan fingerprint density at radius 2 is 2.00 bits per heavy atom. The lowest BCUT2D eigenvalue weighted by Gasteiger charge is -2.26. The number of piperidine rings is 1. The predicted molar refractivity (Wildman–Crippen MR) is 77.8 cm³/mol. The van der Waals surface area contributed by atoms with Crippen molar-refractivity contribution in [3.8, 4) is 0 Å². The highest BCUT2D eigenvalue weighted by molar-refractivity contribution is 7.14. The van der Waals surface area contributed by atoms with E-state index in [0.717, 1.165) is 49.7 Å². The molecule has 0 aromatic carbocycles. The van der Waals surface area contributed by atoms with E-state index in [4.69, 9.17) is 0 Å². The van der Waals surface area contributed by atoms with Crippen LogP contribution in [0.15, 0.2) is 5.38 Å². The van der Waals surface area contributed by atoms with Crippen molar-refractivity contribution >= 4 is 28.3 Å². The minimum atomic E-state index is 0.147. The average Bonchev–Trinajstić information content (AvgIpc) is 3.08. The van der Waals surface area contributed by atoms with E-state index in [-0.39, 0.29) is 11.8 Å². The number of amides is 2. The van der Waals surface area contributed by atoms with E-state index >= 15 is 0 Å². The molecule has 0 aliphatic carbocycles. The van der Waals surface area contributed by atoms with Crippen molar-refractivity contribution in [2.24, 2.45) is 0 Å². The molecule has 0 spiro atoms. The lowest BCUT2D eigenvalue weighted by molar-refractivity contribution is -0.131. The summed E-state index contributed by atoms with van der Waals surface area (Å²) in [5.74, 6) is 0.308. The first-order chi connectivity index (χ1) is 9.74. The molecule has 2 aliphatic rings. The van der Waals surface area contributed by atoms with Crippen LogP contribution in [0.25, 0.3) is 0 Å². The van der Waals surface area contributed by atoms with E-state index in [1.165, 1.54) is 17.8 Å². The van der Waals surface area contributed by atoms with Crippen LogP contribution in [0.4, 0.5) is 5.13 Å². The number of carbonyl (C=O) groups excluding carboxylic acids is 2. The number of anilines is 1. The molecule has 2 aliphatic heterocycles. The lowest BCUT2D eigenvalue weighted by Crippen LogP contribution is -2.36. The molecule has 1 aromatic rings. The molecule has 108 valence electrons. The third-order valence-electron chi connectivity index (χ3n) is 3.89. The van der Waals surface area contributed by atoms with Gasteiger partial charge in [-0.25, -0.2) is 4.98 Å². The third kappa shape index (κ3) is 2.85. The molecule has 0 saturated carbocycles. The van der Waals surface area contributed by atoms with E-state index in [2.05, 4.69) is 4.98 Å². The van der Waals surface area contributed by atoms with Gasteiger partial charge >= 0.3 is 0 Å². The maximum atomic E-state index is 12.2. The first-order valence-corrected chi connectivity index (χ1v) is 8.14. The Hall–Kier alpha value is -1.43. The highest BCUT2D eigenvalue weighted by atomic mass is 32.1. The molecule has 20 heavy (non-hydrogen) atoms. The molecule has 0 N–H and O–H groups in total. The van der Waals surface area contributed by atoms with Crippen LogP contribution in [0.1, 0.15) is 37.8 Å². The molecule has 1 aromatic heterocycles. The second-order valence-electron chi connectivity index (χ2n) is 5.39. The third-order valence-corrected chi connectivity index (χ3v) is 4.80. The van der Waals surface area contributed by atoms with E-state index < -0.39 is 0 Å². The molecular weight excluding hydrogens is 274 g/mol. The quantitative estimate of drug-likeness (QED) is 0.854. The van der Waals surface area contributed by atoms with Crippen molar-refractivity contribution in [1.82, 2.24) is 9.88 Å². The molecule has 0 radical (unpaired) electrons. The molecule has 3 heterocycles. The normalized spacial score (nSPS) is 19.7. The van der Waals surface area contributed by atoms with Crippen LogP contribution >= 0.6 is 11.3 Å². The van der Waals surface area contributed by atoms with Crippen LogP contribution in [0.3, 0.4) is 0 Å². The number of nitrogens with zero attached hydrogens (tertiary/aromatic N) is 3. The van der Waals surface area contributed by atoms with E-state index in [1.807, 2.05) is 10.3 Å². The maximum Gasteiger partial charge on any atom is 0.228 e. The van der Waals surface area contributed by atoms with Crippen LogP contribution in [0.2, 0.25) is 0 Å². The zero-order chi connectivity index (χ0) is 13.9.